The third-order valence-electron chi connectivity index (χ3n) is 3.33. The van der Waals surface area contributed by atoms with E-state index in [1.54, 1.807) is 6.07 Å². The van der Waals surface area contributed by atoms with Crippen LogP contribution in [0.4, 0.5) is 0 Å². The van der Waals surface area contributed by atoms with Crippen molar-refractivity contribution in [3.8, 4) is 0 Å². The van der Waals surface area contributed by atoms with Gasteiger partial charge < -0.3 is 9.88 Å². The second-order valence-corrected chi connectivity index (χ2v) is 5.76. The number of benzene rings is 1. The Hall–Kier alpha value is -1.19. The zero-order valence-corrected chi connectivity index (χ0v) is 11.8. The van der Waals surface area contributed by atoms with Crippen molar-refractivity contribution in [2.24, 2.45) is 0 Å². The molecule has 3 rings (SSSR count). The zero-order valence-electron chi connectivity index (χ0n) is 10.3. The minimum atomic E-state index is 0.109. The minimum Gasteiger partial charge on any atom is -0.353 e. The van der Waals surface area contributed by atoms with Crippen LogP contribution in [0.5, 0.6) is 0 Å². The van der Waals surface area contributed by atoms with E-state index in [1.165, 1.54) is 0 Å². The number of nitrogens with zero attached hydrogens (tertiary/aromatic N) is 1. The van der Waals surface area contributed by atoms with Gasteiger partial charge in [-0.2, -0.15) is 0 Å². The molecule has 1 N–H and O–H groups in total. The number of aryl methyl sites for hydroxylation is 1. The lowest BCUT2D eigenvalue weighted by Crippen LogP contribution is -2.26. The largest absolute Gasteiger partial charge is 0.353 e. The number of carbonyl (C=O) groups excluding carboxylic acids is 1. The van der Waals surface area contributed by atoms with Crippen LogP contribution >= 0.6 is 23.2 Å². The van der Waals surface area contributed by atoms with E-state index in [2.05, 4.69) is 5.32 Å². The molecule has 1 aromatic heterocycles. The topological polar surface area (TPSA) is 34.0 Å². The van der Waals surface area contributed by atoms with Crippen molar-refractivity contribution in [2.75, 3.05) is 0 Å². The van der Waals surface area contributed by atoms with Crippen molar-refractivity contribution in [2.45, 2.75) is 31.8 Å². The van der Waals surface area contributed by atoms with Gasteiger partial charge in [0.2, 0.25) is 5.91 Å². The highest BCUT2D eigenvalue weighted by Crippen LogP contribution is 2.28. The summed E-state index contributed by atoms with van der Waals surface area (Å²) in [6.07, 6.45) is 4.65. The van der Waals surface area contributed by atoms with Crippen LogP contribution in [0, 0.1) is 0 Å². The third-order valence-corrected chi connectivity index (χ3v) is 3.86. The molecule has 1 aromatic carbocycles. The van der Waals surface area contributed by atoms with Crippen LogP contribution in [-0.4, -0.2) is 16.5 Å². The number of aromatic nitrogens is 1. The van der Waals surface area contributed by atoms with Gasteiger partial charge in [-0.15, -0.1) is 0 Å². The van der Waals surface area contributed by atoms with E-state index in [0.717, 1.165) is 23.7 Å². The van der Waals surface area contributed by atoms with Gasteiger partial charge in [-0.25, -0.2) is 0 Å². The summed E-state index contributed by atoms with van der Waals surface area (Å²) in [6, 6.07) is 5.97. The predicted molar refractivity (Wildman–Crippen MR) is 77.7 cm³/mol. The Bertz CT molecular complexity index is 632. The molecule has 0 atom stereocenters. The summed E-state index contributed by atoms with van der Waals surface area (Å²) in [5, 5.41) is 5.20. The lowest BCUT2D eigenvalue weighted by atomic mass is 10.2. The molecule has 1 saturated carbocycles. The molecule has 0 radical (unpaired) electrons. The Morgan fingerprint density at radius 3 is 2.89 bits per heavy atom. The highest BCUT2D eigenvalue weighted by atomic mass is 35.5. The fourth-order valence-corrected chi connectivity index (χ4v) is 2.71. The van der Waals surface area contributed by atoms with Gasteiger partial charge in [0.1, 0.15) is 0 Å². The van der Waals surface area contributed by atoms with Crippen molar-refractivity contribution in [3.05, 3.63) is 34.4 Å². The van der Waals surface area contributed by atoms with Crippen LogP contribution in [0.2, 0.25) is 10.0 Å². The number of fused-ring (bicyclic) bond motifs is 1. The summed E-state index contributed by atoms with van der Waals surface area (Å²) in [5.41, 5.74) is 0.969. The Balaban J connectivity index is 1.75. The van der Waals surface area contributed by atoms with Crippen molar-refractivity contribution >= 4 is 40.0 Å². The first-order valence-electron chi connectivity index (χ1n) is 6.37. The molecule has 2 aromatic rings. The number of amides is 1. The van der Waals surface area contributed by atoms with Gasteiger partial charge in [0.25, 0.3) is 0 Å². The summed E-state index contributed by atoms with van der Waals surface area (Å²) in [6.45, 7) is 0.638. The number of hydrogen-bond donors (Lipinski definition) is 1. The molecular weight excluding hydrogens is 283 g/mol. The number of rotatable bonds is 4. The summed E-state index contributed by atoms with van der Waals surface area (Å²) in [7, 11) is 0. The molecule has 1 aliphatic carbocycles. The standard InChI is InChI=1S/C14H14Cl2N2O/c15-9-7-12(16)11-3-5-18(13(11)8-9)6-4-14(19)17-10-1-2-10/h3,5,7-8,10H,1-2,4,6H2,(H,17,19). The minimum absolute atomic E-state index is 0.109. The third kappa shape index (κ3) is 2.88. The van der Waals surface area contributed by atoms with Crippen LogP contribution in [0.15, 0.2) is 24.4 Å². The lowest BCUT2D eigenvalue weighted by molar-refractivity contribution is -0.121. The van der Waals surface area contributed by atoms with E-state index in [4.69, 9.17) is 23.2 Å². The van der Waals surface area contributed by atoms with E-state index in [-0.39, 0.29) is 5.91 Å². The van der Waals surface area contributed by atoms with Gasteiger partial charge in [0.05, 0.1) is 10.5 Å². The maximum atomic E-state index is 11.7. The van der Waals surface area contributed by atoms with Crippen molar-refractivity contribution in [1.82, 2.24) is 9.88 Å². The van der Waals surface area contributed by atoms with Crippen molar-refractivity contribution in [3.63, 3.8) is 0 Å². The number of nitrogens with one attached hydrogen (secondary N) is 1. The SMILES string of the molecule is O=C(CCn1ccc2c(Cl)cc(Cl)cc21)NC1CC1. The average molecular weight is 297 g/mol. The number of hydrogen-bond acceptors (Lipinski definition) is 1. The van der Waals surface area contributed by atoms with Crippen LogP contribution < -0.4 is 5.32 Å². The van der Waals surface area contributed by atoms with E-state index in [9.17, 15) is 4.79 Å². The number of halogens is 2. The second kappa shape index (κ2) is 5.06. The molecule has 0 unspecified atom stereocenters. The second-order valence-electron chi connectivity index (χ2n) is 4.92. The Morgan fingerprint density at radius 1 is 1.37 bits per heavy atom. The lowest BCUT2D eigenvalue weighted by Gasteiger charge is -2.07. The molecule has 3 nitrogen and oxygen atoms in total. The van der Waals surface area contributed by atoms with E-state index in [1.807, 2.05) is 22.9 Å². The van der Waals surface area contributed by atoms with Gasteiger partial charge >= 0.3 is 0 Å². The van der Waals surface area contributed by atoms with Crippen LogP contribution in [0.25, 0.3) is 10.9 Å². The van der Waals surface area contributed by atoms with Gasteiger partial charge in [0.15, 0.2) is 0 Å². The molecule has 19 heavy (non-hydrogen) atoms. The predicted octanol–water partition coefficient (Wildman–Crippen LogP) is 3.62. The van der Waals surface area contributed by atoms with Crippen LogP contribution in [-0.2, 0) is 11.3 Å². The molecule has 0 spiro atoms. The molecular formula is C14H14Cl2N2O. The molecule has 100 valence electrons. The average Bonchev–Trinajstić information content (AvgIpc) is 3.05. The van der Waals surface area contributed by atoms with Crippen molar-refractivity contribution in [1.29, 1.82) is 0 Å². The van der Waals surface area contributed by atoms with Crippen LogP contribution in [0.3, 0.4) is 0 Å². The first-order chi connectivity index (χ1) is 9.13. The highest BCUT2D eigenvalue weighted by Gasteiger charge is 2.22. The van der Waals surface area contributed by atoms with E-state index < -0.39 is 0 Å². The fourth-order valence-electron chi connectivity index (χ4n) is 2.16. The summed E-state index contributed by atoms with van der Waals surface area (Å²) in [4.78, 5) is 11.7. The summed E-state index contributed by atoms with van der Waals surface area (Å²) >= 11 is 12.2. The molecule has 0 saturated heterocycles. The first kappa shape index (κ1) is 12.8. The molecule has 0 bridgehead atoms. The molecule has 1 amide bonds. The number of carbonyl (C=O) groups is 1. The Morgan fingerprint density at radius 2 is 2.16 bits per heavy atom. The maximum Gasteiger partial charge on any atom is 0.222 e. The Kier molecular flexibility index (Phi) is 3.42. The molecule has 0 aliphatic heterocycles. The quantitative estimate of drug-likeness (QED) is 0.919. The highest BCUT2D eigenvalue weighted by molar-refractivity contribution is 6.38. The summed E-state index contributed by atoms with van der Waals surface area (Å²) in [5.74, 6) is 0.109. The van der Waals surface area contributed by atoms with Gasteiger partial charge in [-0.1, -0.05) is 23.2 Å². The fraction of sp³-hybridized carbons (Fsp3) is 0.357. The molecule has 1 aliphatic rings. The van der Waals surface area contributed by atoms with Gasteiger partial charge in [-0.05, 0) is 31.0 Å². The smallest absolute Gasteiger partial charge is 0.222 e. The summed E-state index contributed by atoms with van der Waals surface area (Å²) < 4.78 is 2.01. The first-order valence-corrected chi connectivity index (χ1v) is 7.12. The van der Waals surface area contributed by atoms with Gasteiger partial charge in [0, 0.05) is 35.6 Å². The Labute approximate surface area is 121 Å². The van der Waals surface area contributed by atoms with E-state index >= 15 is 0 Å². The van der Waals surface area contributed by atoms with Gasteiger partial charge in [-0.3, -0.25) is 4.79 Å². The maximum absolute atomic E-state index is 11.7. The van der Waals surface area contributed by atoms with E-state index in [0.29, 0.717) is 29.1 Å². The molecule has 5 heteroatoms. The molecule has 1 fully saturated rings. The monoisotopic (exact) mass is 296 g/mol. The molecule has 1 heterocycles. The zero-order chi connectivity index (χ0) is 13.4. The normalized spacial score (nSPS) is 14.8. The van der Waals surface area contributed by atoms with Crippen LogP contribution in [0.1, 0.15) is 19.3 Å². The van der Waals surface area contributed by atoms with Crippen molar-refractivity contribution < 1.29 is 4.79 Å².